The summed E-state index contributed by atoms with van der Waals surface area (Å²) in [5.74, 6) is -0.736. The Morgan fingerprint density at radius 3 is 2.39 bits per heavy atom. The molecule has 6 amide bonds. The summed E-state index contributed by atoms with van der Waals surface area (Å²) in [6, 6.07) is 12.0. The number of fused-ring (bicyclic) bond motifs is 6. The molecule has 424 valence electrons. The van der Waals surface area contributed by atoms with Crippen LogP contribution in [0.3, 0.4) is 0 Å². The number of terminal acetylenes is 1. The summed E-state index contributed by atoms with van der Waals surface area (Å²) in [6.45, 7) is 12.2. The second-order valence-electron chi connectivity index (χ2n) is 23.6. The van der Waals surface area contributed by atoms with Crippen LogP contribution in [0.2, 0.25) is 0 Å². The van der Waals surface area contributed by atoms with Gasteiger partial charge in [-0.25, -0.2) is 13.6 Å². The quantitative estimate of drug-likeness (QED) is 0.0941. The number of piperidine rings is 2. The third kappa shape index (κ3) is 9.14. The molecule has 7 fully saturated rings. The zero-order valence-corrected chi connectivity index (χ0v) is 45.8. The lowest BCUT2D eigenvalue weighted by molar-refractivity contribution is -0.142. The molecule has 0 radical (unpaired) electrons. The molecule has 5 unspecified atom stereocenters. The van der Waals surface area contributed by atoms with E-state index in [-0.39, 0.29) is 102 Å². The number of aromatic nitrogens is 3. The highest BCUT2D eigenvalue weighted by atomic mass is 19.1. The lowest BCUT2D eigenvalue weighted by Gasteiger charge is -2.45. The maximum atomic E-state index is 17.3. The fourth-order valence-corrected chi connectivity index (χ4v) is 14.3. The van der Waals surface area contributed by atoms with Gasteiger partial charge < -0.3 is 34.4 Å². The van der Waals surface area contributed by atoms with Crippen molar-refractivity contribution < 1.29 is 47.0 Å². The van der Waals surface area contributed by atoms with Crippen molar-refractivity contribution in [2.75, 3.05) is 68.8 Å². The number of hydrogen-bond donors (Lipinski definition) is 2. The summed E-state index contributed by atoms with van der Waals surface area (Å²) in [4.78, 5) is 105. The van der Waals surface area contributed by atoms with Gasteiger partial charge in [-0.2, -0.15) is 9.97 Å². The third-order valence-corrected chi connectivity index (χ3v) is 18.5. The van der Waals surface area contributed by atoms with Crippen LogP contribution >= 0.6 is 0 Å². The van der Waals surface area contributed by atoms with Gasteiger partial charge in [-0.15, -0.1) is 6.42 Å². The Hall–Kier alpha value is -8.09. The van der Waals surface area contributed by atoms with E-state index < -0.39 is 52.9 Å². The second kappa shape index (κ2) is 20.7. The Bertz CT molecular complexity index is 3590. The number of nitrogens with one attached hydrogen (secondary N) is 2. The van der Waals surface area contributed by atoms with E-state index in [1.165, 1.54) is 6.07 Å². The monoisotopic (exact) mass is 1120 g/mol. The minimum Gasteiger partial charge on any atom is -0.461 e. The highest BCUT2D eigenvalue weighted by Crippen LogP contribution is 2.45. The predicted molar refractivity (Wildman–Crippen MR) is 299 cm³/mol. The zero-order valence-electron chi connectivity index (χ0n) is 45.8. The number of ether oxygens (including phenoxy) is 2. The summed E-state index contributed by atoms with van der Waals surface area (Å²) in [7, 11) is 0. The largest absolute Gasteiger partial charge is 0.461 e. The summed E-state index contributed by atoms with van der Waals surface area (Å²) >= 11 is 0. The molecule has 2 N–H and O–H groups in total. The van der Waals surface area contributed by atoms with E-state index in [4.69, 9.17) is 25.9 Å². The van der Waals surface area contributed by atoms with Crippen LogP contribution in [0.25, 0.3) is 32.9 Å². The van der Waals surface area contributed by atoms with Gasteiger partial charge >= 0.3 is 12.1 Å². The molecule has 0 aliphatic carbocycles. The number of benzene rings is 3. The van der Waals surface area contributed by atoms with Crippen LogP contribution < -0.4 is 25.2 Å². The SMILES string of the molecule is C#Cc1c(F)ccc2cccc(-c3ncc4c(N5CC6CCC(C5)N6)nc(OCC56CCC(COC(=O)N7C[C@H](C)N(C(=O)C8CCN(c9ccc%10c(c9)C(=O)N(C9CCC(=O)NC9=O)C%10=O)CC8)C[C@H]7C)N5CC(=C)C6)nc4c3F)c12. The average molecular weight is 1120 g/mol. The van der Waals surface area contributed by atoms with Crippen LogP contribution in [0.4, 0.5) is 25.1 Å². The van der Waals surface area contributed by atoms with Crippen LogP contribution in [0, 0.1) is 29.9 Å². The fraction of sp³-hybridized carbons (Fsp3) is 0.459. The molecule has 8 aliphatic heterocycles. The third-order valence-electron chi connectivity index (χ3n) is 18.5. The average Bonchev–Trinajstić information content (AvgIpc) is 3.79. The lowest BCUT2D eigenvalue weighted by atomic mass is 9.93. The lowest BCUT2D eigenvalue weighted by Crippen LogP contribution is -2.61. The molecule has 2 bridgehead atoms. The smallest absolute Gasteiger partial charge is 0.410 e. The first-order chi connectivity index (χ1) is 39.6. The molecule has 19 nitrogen and oxygen atoms in total. The number of halogens is 2. The number of anilines is 2. The molecule has 7 atom stereocenters. The van der Waals surface area contributed by atoms with Gasteiger partial charge in [0.25, 0.3) is 11.8 Å². The number of imide groups is 2. The summed E-state index contributed by atoms with van der Waals surface area (Å²) < 4.78 is 45.2. The minimum atomic E-state index is -1.05. The maximum absolute atomic E-state index is 17.3. The Kier molecular flexibility index (Phi) is 13.4. The Labute approximate surface area is 472 Å². The molecule has 0 saturated carbocycles. The summed E-state index contributed by atoms with van der Waals surface area (Å²) in [6.07, 6.45) is 12.3. The van der Waals surface area contributed by atoms with Gasteiger partial charge in [0.2, 0.25) is 17.7 Å². The van der Waals surface area contributed by atoms with E-state index in [0.717, 1.165) is 41.8 Å². The van der Waals surface area contributed by atoms with Gasteiger partial charge in [0.15, 0.2) is 5.82 Å². The molecule has 7 saturated heterocycles. The van der Waals surface area contributed by atoms with Crippen molar-refractivity contribution in [2.24, 2.45) is 5.92 Å². The number of nitrogens with zero attached hydrogens (tertiary/aromatic N) is 9. The zero-order chi connectivity index (χ0) is 56.9. The van der Waals surface area contributed by atoms with Crippen molar-refractivity contribution in [3.63, 3.8) is 0 Å². The van der Waals surface area contributed by atoms with Gasteiger partial charge in [0.1, 0.15) is 42.1 Å². The molecule has 21 heteroatoms. The molecule has 8 aliphatic rings. The van der Waals surface area contributed by atoms with Crippen molar-refractivity contribution in [2.45, 2.75) is 113 Å². The first-order valence-corrected chi connectivity index (χ1v) is 28.5. The van der Waals surface area contributed by atoms with E-state index >= 15 is 8.78 Å². The summed E-state index contributed by atoms with van der Waals surface area (Å²) in [5.41, 5.74) is 2.05. The number of hydrogen-bond acceptors (Lipinski definition) is 15. The van der Waals surface area contributed by atoms with Crippen LogP contribution in [0.5, 0.6) is 6.01 Å². The standard InChI is InChI=1S/C61H63F2N11O8/c1-5-42-47(62)14-9-36-7-6-8-44(50(36)42)52-51(63)53-46(25-64-52)54(70-29-38-10-11-39(30-70)65-38)68-59(67-53)82-32-61-20-17-41(73(61)26-33(2)24-61)31-81-60(80)72-28-34(3)71(27-35(72)4)56(77)37-18-21-69(22-19-37)40-12-13-43-45(23-40)58(79)74(57(43)78)48-15-16-49(75)66-55(48)76/h1,6-9,12-14,23,25,34-35,37-39,41,48,65H,2,10-11,15-22,24,26-32H2,3-4H3,(H,66,75,76)/t34-,35+,38?,39?,41?,48?,61?/m0/s1. The number of carbonyl (C=O) groups is 6. The number of piperazine rings is 2. The van der Waals surface area contributed by atoms with Crippen LogP contribution in [0.1, 0.15) is 97.9 Å². The highest BCUT2D eigenvalue weighted by molar-refractivity contribution is 6.23. The Morgan fingerprint density at radius 2 is 1.62 bits per heavy atom. The molecule has 10 heterocycles. The van der Waals surface area contributed by atoms with Gasteiger partial charge in [-0.05, 0) is 94.9 Å². The highest BCUT2D eigenvalue weighted by Gasteiger charge is 2.52. The number of pyridine rings is 1. The number of carbonyl (C=O) groups excluding carboxylic acids is 6. The van der Waals surface area contributed by atoms with Crippen molar-refractivity contribution >= 4 is 68.8 Å². The molecule has 5 aromatic rings. The molecule has 82 heavy (non-hydrogen) atoms. The van der Waals surface area contributed by atoms with E-state index in [2.05, 4.69) is 42.8 Å². The van der Waals surface area contributed by atoms with Crippen LogP contribution in [-0.4, -0.2) is 171 Å². The molecule has 3 aromatic carbocycles. The van der Waals surface area contributed by atoms with Crippen molar-refractivity contribution in [1.29, 1.82) is 0 Å². The van der Waals surface area contributed by atoms with E-state index in [9.17, 15) is 28.8 Å². The Balaban J connectivity index is 0.649. The van der Waals surface area contributed by atoms with E-state index in [1.54, 1.807) is 53.6 Å². The first kappa shape index (κ1) is 53.2. The van der Waals surface area contributed by atoms with Gasteiger partial charge in [-0.1, -0.05) is 42.3 Å². The number of amides is 6. The molecule has 2 aromatic heterocycles. The number of rotatable bonds is 10. The van der Waals surface area contributed by atoms with E-state index in [1.807, 2.05) is 18.7 Å². The first-order valence-electron chi connectivity index (χ1n) is 28.5. The predicted octanol–water partition coefficient (Wildman–Crippen LogP) is 5.96. The van der Waals surface area contributed by atoms with Crippen LogP contribution in [0.15, 0.2) is 66.9 Å². The molecule has 13 rings (SSSR count). The normalized spacial score (nSPS) is 26.7. The van der Waals surface area contributed by atoms with Gasteiger partial charge in [0.05, 0.1) is 27.6 Å². The Morgan fingerprint density at radius 1 is 0.866 bits per heavy atom. The van der Waals surface area contributed by atoms with E-state index in [0.29, 0.717) is 92.6 Å². The minimum absolute atomic E-state index is 0.0155. The van der Waals surface area contributed by atoms with Crippen LogP contribution in [-0.2, 0) is 19.1 Å². The fourth-order valence-electron chi connectivity index (χ4n) is 14.3. The van der Waals surface area contributed by atoms with Gasteiger partial charge in [-0.3, -0.25) is 44.1 Å². The molecular formula is C61H63F2N11O8. The molecule has 0 spiro atoms. The van der Waals surface area contributed by atoms with Crippen molar-refractivity contribution in [3.8, 4) is 29.6 Å². The second-order valence-corrected chi connectivity index (χ2v) is 23.6. The summed E-state index contributed by atoms with van der Waals surface area (Å²) in [5, 5.41) is 7.35. The van der Waals surface area contributed by atoms with Crippen molar-refractivity contribution in [3.05, 3.63) is 95.2 Å². The topological polar surface area (TPSA) is 203 Å². The molecular weight excluding hydrogens is 1050 g/mol. The van der Waals surface area contributed by atoms with Gasteiger partial charge in [0, 0.05) is 111 Å². The van der Waals surface area contributed by atoms with Crippen molar-refractivity contribution in [1.82, 2.24) is 45.2 Å². The maximum Gasteiger partial charge on any atom is 0.410 e.